The molecule has 1 saturated heterocycles. The molecule has 1 aliphatic carbocycles. The first-order valence-corrected chi connectivity index (χ1v) is 13.6. The summed E-state index contributed by atoms with van der Waals surface area (Å²) in [5.74, 6) is -2.27. The Labute approximate surface area is 241 Å². The number of amides is 3. The molecule has 1 aromatic carbocycles. The van der Waals surface area contributed by atoms with E-state index in [2.05, 4.69) is 20.5 Å². The zero-order valence-corrected chi connectivity index (χ0v) is 23.8. The maximum Gasteiger partial charge on any atom is 0.490 e. The molecule has 0 unspecified atom stereocenters. The SMILES string of the molecule is CC(C)(C)CC(=O)c1coc(CN2CCN(C(=O)c3ccc(NC(=O)NC4CCC4)cc3)CC2)n1.O=C(O)C(F)(F)F. The van der Waals surface area contributed by atoms with Crippen molar-refractivity contribution < 1.29 is 41.9 Å². The van der Waals surface area contributed by atoms with E-state index in [1.165, 1.54) is 6.26 Å². The number of ketones is 1. The molecule has 1 aliphatic heterocycles. The molecule has 14 heteroatoms. The quantitative estimate of drug-likeness (QED) is 0.395. The first-order valence-electron chi connectivity index (χ1n) is 13.6. The summed E-state index contributed by atoms with van der Waals surface area (Å²) in [6.45, 7) is 9.15. The number of carbonyl (C=O) groups excluding carboxylic acids is 3. The molecule has 3 N–H and O–H groups in total. The molecule has 230 valence electrons. The Bertz CT molecular complexity index is 1240. The van der Waals surface area contributed by atoms with E-state index in [4.69, 9.17) is 14.3 Å². The summed E-state index contributed by atoms with van der Waals surface area (Å²) < 4.78 is 37.3. The Morgan fingerprint density at radius 1 is 1.02 bits per heavy atom. The van der Waals surface area contributed by atoms with Crippen LogP contribution in [0, 0.1) is 5.41 Å². The number of halogens is 3. The topological polar surface area (TPSA) is 145 Å². The third-order valence-corrected chi connectivity index (χ3v) is 6.62. The van der Waals surface area contributed by atoms with Crippen molar-refractivity contribution in [2.45, 2.75) is 65.2 Å². The Morgan fingerprint density at radius 2 is 1.62 bits per heavy atom. The average molecular weight is 596 g/mol. The van der Waals surface area contributed by atoms with E-state index in [1.807, 2.05) is 25.7 Å². The lowest BCUT2D eigenvalue weighted by molar-refractivity contribution is -0.192. The van der Waals surface area contributed by atoms with E-state index in [1.54, 1.807) is 24.3 Å². The van der Waals surface area contributed by atoms with Gasteiger partial charge in [-0.3, -0.25) is 14.5 Å². The van der Waals surface area contributed by atoms with Crippen LogP contribution in [0.2, 0.25) is 0 Å². The number of alkyl halides is 3. The molecule has 2 aliphatic rings. The molecular weight excluding hydrogens is 559 g/mol. The number of aromatic nitrogens is 1. The van der Waals surface area contributed by atoms with Gasteiger partial charge in [0.2, 0.25) is 5.89 Å². The van der Waals surface area contributed by atoms with Gasteiger partial charge in [-0.25, -0.2) is 14.6 Å². The maximum atomic E-state index is 12.9. The number of hydrogen-bond donors (Lipinski definition) is 3. The zero-order valence-electron chi connectivity index (χ0n) is 23.8. The molecule has 11 nitrogen and oxygen atoms in total. The van der Waals surface area contributed by atoms with E-state index >= 15 is 0 Å². The first-order chi connectivity index (χ1) is 19.6. The first kappa shape index (κ1) is 32.6. The van der Waals surface area contributed by atoms with Crippen molar-refractivity contribution in [2.24, 2.45) is 5.41 Å². The summed E-state index contributed by atoms with van der Waals surface area (Å²) in [6.07, 6.45) is 0.00705. The van der Waals surface area contributed by atoms with Crippen LogP contribution in [0.3, 0.4) is 0 Å². The van der Waals surface area contributed by atoms with Gasteiger partial charge in [0.05, 0.1) is 6.54 Å². The number of hydrogen-bond acceptors (Lipinski definition) is 7. The smallest absolute Gasteiger partial charge is 0.475 e. The molecule has 42 heavy (non-hydrogen) atoms. The van der Waals surface area contributed by atoms with Gasteiger partial charge in [-0.05, 0) is 48.9 Å². The number of piperazine rings is 1. The molecule has 2 aromatic rings. The van der Waals surface area contributed by atoms with Crippen LogP contribution in [0.5, 0.6) is 0 Å². The van der Waals surface area contributed by atoms with Crippen LogP contribution in [-0.2, 0) is 11.3 Å². The maximum absolute atomic E-state index is 12.9. The summed E-state index contributed by atoms with van der Waals surface area (Å²) in [5, 5.41) is 12.9. The predicted molar refractivity (Wildman–Crippen MR) is 146 cm³/mol. The number of carboxylic acid groups (broad SMARTS) is 1. The second-order valence-electron chi connectivity index (χ2n) is 11.5. The van der Waals surface area contributed by atoms with Gasteiger partial charge in [-0.15, -0.1) is 0 Å². The van der Waals surface area contributed by atoms with E-state index in [0.717, 1.165) is 19.3 Å². The molecule has 2 heterocycles. The van der Waals surface area contributed by atoms with Crippen LogP contribution in [0.4, 0.5) is 23.7 Å². The highest BCUT2D eigenvalue weighted by atomic mass is 19.4. The van der Waals surface area contributed by atoms with E-state index in [-0.39, 0.29) is 29.2 Å². The molecular formula is C28H36F3N5O6. The normalized spacial score (nSPS) is 16.1. The lowest BCUT2D eigenvalue weighted by Gasteiger charge is -2.34. The van der Waals surface area contributed by atoms with Crippen molar-refractivity contribution in [3.05, 3.63) is 47.7 Å². The number of benzene rings is 1. The van der Waals surface area contributed by atoms with Crippen molar-refractivity contribution in [2.75, 3.05) is 31.5 Å². The van der Waals surface area contributed by atoms with Crippen molar-refractivity contribution >= 4 is 29.4 Å². The minimum atomic E-state index is -5.08. The number of rotatable bonds is 7. The monoisotopic (exact) mass is 595 g/mol. The number of carboxylic acids is 1. The van der Waals surface area contributed by atoms with Crippen molar-refractivity contribution in [3.63, 3.8) is 0 Å². The largest absolute Gasteiger partial charge is 0.490 e. The third-order valence-electron chi connectivity index (χ3n) is 6.62. The summed E-state index contributed by atoms with van der Waals surface area (Å²) in [7, 11) is 0. The lowest BCUT2D eigenvalue weighted by Crippen LogP contribution is -2.48. The zero-order chi connectivity index (χ0) is 31.1. The highest BCUT2D eigenvalue weighted by Gasteiger charge is 2.38. The molecule has 0 atom stereocenters. The van der Waals surface area contributed by atoms with Gasteiger partial charge >= 0.3 is 18.2 Å². The lowest BCUT2D eigenvalue weighted by atomic mass is 9.89. The minimum absolute atomic E-state index is 0.0110. The number of aliphatic carboxylic acids is 1. The summed E-state index contributed by atoms with van der Waals surface area (Å²) >= 11 is 0. The fourth-order valence-corrected chi connectivity index (χ4v) is 4.17. The van der Waals surface area contributed by atoms with Gasteiger partial charge in [0.15, 0.2) is 5.78 Å². The Morgan fingerprint density at radius 3 is 2.12 bits per heavy atom. The number of oxazole rings is 1. The highest BCUT2D eigenvalue weighted by molar-refractivity contribution is 5.96. The van der Waals surface area contributed by atoms with Gasteiger partial charge in [-0.2, -0.15) is 13.2 Å². The van der Waals surface area contributed by atoms with Crippen LogP contribution in [0.15, 0.2) is 34.9 Å². The number of urea groups is 1. The van der Waals surface area contributed by atoms with Crippen LogP contribution in [0.1, 0.15) is 73.2 Å². The van der Waals surface area contributed by atoms with Crippen molar-refractivity contribution in [3.8, 4) is 0 Å². The number of carbonyl (C=O) groups is 4. The Kier molecular flexibility index (Phi) is 10.7. The molecule has 0 radical (unpaired) electrons. The number of Topliss-reactive ketones (excluding diaryl/α,β-unsaturated/α-hetero) is 1. The van der Waals surface area contributed by atoms with E-state index in [9.17, 15) is 27.6 Å². The van der Waals surface area contributed by atoms with Crippen LogP contribution >= 0.6 is 0 Å². The Balaban J connectivity index is 0.000000616. The molecule has 0 spiro atoms. The molecule has 1 aromatic heterocycles. The van der Waals surface area contributed by atoms with Gasteiger partial charge in [0, 0.05) is 49.9 Å². The molecule has 4 rings (SSSR count). The van der Waals surface area contributed by atoms with Crippen molar-refractivity contribution in [1.82, 2.24) is 20.1 Å². The van der Waals surface area contributed by atoms with Gasteiger partial charge < -0.3 is 25.1 Å². The number of nitrogens with one attached hydrogen (secondary N) is 2. The second kappa shape index (κ2) is 13.8. The molecule has 2 fully saturated rings. The summed E-state index contributed by atoms with van der Waals surface area (Å²) in [6, 6.07) is 7.07. The van der Waals surface area contributed by atoms with E-state index < -0.39 is 12.1 Å². The van der Waals surface area contributed by atoms with Gasteiger partial charge in [-0.1, -0.05) is 20.8 Å². The predicted octanol–water partition coefficient (Wildman–Crippen LogP) is 4.56. The average Bonchev–Trinajstić information content (AvgIpc) is 3.34. The van der Waals surface area contributed by atoms with Gasteiger partial charge in [0.1, 0.15) is 12.0 Å². The number of nitrogens with zero attached hydrogens (tertiary/aromatic N) is 3. The van der Waals surface area contributed by atoms with Gasteiger partial charge in [0.25, 0.3) is 5.91 Å². The van der Waals surface area contributed by atoms with Crippen molar-refractivity contribution in [1.29, 1.82) is 0 Å². The fraction of sp³-hybridized carbons (Fsp3) is 0.536. The molecule has 0 bridgehead atoms. The van der Waals surface area contributed by atoms with Crippen LogP contribution < -0.4 is 10.6 Å². The Hall–Kier alpha value is -3.94. The fourth-order valence-electron chi connectivity index (χ4n) is 4.17. The summed E-state index contributed by atoms with van der Waals surface area (Å²) in [5.41, 5.74) is 1.54. The standard InChI is InChI=1S/C26H35N5O4.C2HF3O2/c1-26(2,3)15-22(32)21-17-35-23(29-21)16-30-11-13-31(14-12-30)24(33)18-7-9-20(10-8-18)28-25(34)27-19-5-4-6-19;3-2(4,5)1(6)7/h7-10,17,19H,4-6,11-16H2,1-3H3,(H2,27,28,34);(H,6,7). The van der Waals surface area contributed by atoms with Crippen LogP contribution in [-0.4, -0.2) is 82.0 Å². The highest BCUT2D eigenvalue weighted by Crippen LogP contribution is 2.22. The number of anilines is 1. The third kappa shape index (κ3) is 10.2. The van der Waals surface area contributed by atoms with E-state index in [0.29, 0.717) is 62.0 Å². The molecule has 3 amide bonds. The van der Waals surface area contributed by atoms with Crippen LogP contribution in [0.25, 0.3) is 0 Å². The molecule has 1 saturated carbocycles. The minimum Gasteiger partial charge on any atom is -0.475 e. The second-order valence-corrected chi connectivity index (χ2v) is 11.5. The summed E-state index contributed by atoms with van der Waals surface area (Å²) in [4.78, 5) is 54.5.